The van der Waals surface area contributed by atoms with E-state index < -0.39 is 0 Å². The molecular formula is C13H27N. The second-order valence-electron chi connectivity index (χ2n) is 4.70. The van der Waals surface area contributed by atoms with Crippen molar-refractivity contribution >= 4 is 0 Å². The minimum Gasteiger partial charge on any atom is -0.314 e. The molecule has 0 unspecified atom stereocenters. The van der Waals surface area contributed by atoms with E-state index in [0.717, 1.165) is 6.04 Å². The lowest BCUT2D eigenvalue weighted by molar-refractivity contribution is 0.337. The van der Waals surface area contributed by atoms with E-state index in [-0.39, 0.29) is 0 Å². The van der Waals surface area contributed by atoms with Gasteiger partial charge in [-0.1, -0.05) is 51.9 Å². The molecule has 84 valence electrons. The lowest BCUT2D eigenvalue weighted by atomic mass is 9.93. The van der Waals surface area contributed by atoms with Gasteiger partial charge in [0, 0.05) is 6.04 Å². The van der Waals surface area contributed by atoms with Gasteiger partial charge in [0.1, 0.15) is 0 Å². The van der Waals surface area contributed by atoms with E-state index in [9.17, 15) is 0 Å². The fourth-order valence-electron chi connectivity index (χ4n) is 2.00. The molecule has 1 aliphatic carbocycles. The van der Waals surface area contributed by atoms with E-state index in [1.165, 1.54) is 70.8 Å². The largest absolute Gasteiger partial charge is 0.314 e. The number of hydrogen-bond acceptors (Lipinski definition) is 1. The second kappa shape index (κ2) is 8.28. The summed E-state index contributed by atoms with van der Waals surface area (Å²) in [6.07, 6.45) is 14.3. The fourth-order valence-corrected chi connectivity index (χ4v) is 2.00. The van der Waals surface area contributed by atoms with Crippen LogP contribution in [0.2, 0.25) is 0 Å². The summed E-state index contributed by atoms with van der Waals surface area (Å²) in [5.74, 6) is 0. The maximum atomic E-state index is 3.62. The van der Waals surface area contributed by atoms with Gasteiger partial charge in [0.2, 0.25) is 0 Å². The molecule has 0 aromatic heterocycles. The Balaban J connectivity index is 1.67. The van der Waals surface area contributed by atoms with Crippen LogP contribution in [0.1, 0.15) is 71.1 Å². The number of nitrogens with one attached hydrogen (secondary N) is 1. The topological polar surface area (TPSA) is 12.0 Å². The average molecular weight is 197 g/mol. The van der Waals surface area contributed by atoms with E-state index in [0.29, 0.717) is 0 Å². The van der Waals surface area contributed by atoms with Crippen molar-refractivity contribution in [1.29, 1.82) is 0 Å². The minimum absolute atomic E-state index is 0.884. The molecule has 1 heteroatoms. The van der Waals surface area contributed by atoms with Crippen LogP contribution in [-0.4, -0.2) is 12.6 Å². The van der Waals surface area contributed by atoms with Crippen LogP contribution in [0.3, 0.4) is 0 Å². The Morgan fingerprint density at radius 1 is 0.929 bits per heavy atom. The monoisotopic (exact) mass is 197 g/mol. The van der Waals surface area contributed by atoms with E-state index >= 15 is 0 Å². The molecule has 0 amide bonds. The zero-order chi connectivity index (χ0) is 10.1. The standard InChI is InChI=1S/C13H27N/c1-2-3-4-5-6-7-8-12-14-13-10-9-11-13/h13-14H,2-12H2,1H3. The van der Waals surface area contributed by atoms with Crippen LogP contribution in [0.5, 0.6) is 0 Å². The fraction of sp³-hybridized carbons (Fsp3) is 1.00. The summed E-state index contributed by atoms with van der Waals surface area (Å²) in [5, 5.41) is 3.62. The zero-order valence-corrected chi connectivity index (χ0v) is 9.86. The Labute approximate surface area is 89.7 Å². The molecule has 0 aliphatic heterocycles. The molecule has 1 aliphatic rings. The van der Waals surface area contributed by atoms with Crippen molar-refractivity contribution in [1.82, 2.24) is 5.32 Å². The van der Waals surface area contributed by atoms with Gasteiger partial charge in [0.15, 0.2) is 0 Å². The van der Waals surface area contributed by atoms with E-state index in [1.54, 1.807) is 0 Å². The van der Waals surface area contributed by atoms with Gasteiger partial charge in [0.25, 0.3) is 0 Å². The highest BCUT2D eigenvalue weighted by Gasteiger charge is 2.15. The highest BCUT2D eigenvalue weighted by molar-refractivity contribution is 4.75. The van der Waals surface area contributed by atoms with Crippen LogP contribution >= 0.6 is 0 Å². The summed E-state index contributed by atoms with van der Waals surface area (Å²) >= 11 is 0. The molecule has 0 aromatic carbocycles. The smallest absolute Gasteiger partial charge is 0.00670 e. The summed E-state index contributed by atoms with van der Waals surface area (Å²) < 4.78 is 0. The van der Waals surface area contributed by atoms with Gasteiger partial charge in [0.05, 0.1) is 0 Å². The lowest BCUT2D eigenvalue weighted by Crippen LogP contribution is -2.35. The molecule has 0 atom stereocenters. The summed E-state index contributed by atoms with van der Waals surface area (Å²) in [6.45, 7) is 3.54. The molecule has 0 saturated heterocycles. The summed E-state index contributed by atoms with van der Waals surface area (Å²) in [4.78, 5) is 0. The molecule has 0 spiro atoms. The first-order chi connectivity index (χ1) is 6.93. The quantitative estimate of drug-likeness (QED) is 0.553. The molecule has 1 rings (SSSR count). The predicted octanol–water partition coefficient (Wildman–Crippen LogP) is 3.88. The Morgan fingerprint density at radius 2 is 1.57 bits per heavy atom. The maximum absolute atomic E-state index is 3.62. The van der Waals surface area contributed by atoms with Gasteiger partial charge in [-0.25, -0.2) is 0 Å². The predicted molar refractivity (Wildman–Crippen MR) is 63.6 cm³/mol. The molecule has 1 nitrogen and oxygen atoms in total. The van der Waals surface area contributed by atoms with Crippen LogP contribution in [0, 0.1) is 0 Å². The third kappa shape index (κ3) is 5.64. The summed E-state index contributed by atoms with van der Waals surface area (Å²) in [7, 11) is 0. The van der Waals surface area contributed by atoms with E-state index in [1.807, 2.05) is 0 Å². The van der Waals surface area contributed by atoms with Crippen molar-refractivity contribution in [2.45, 2.75) is 77.2 Å². The molecule has 0 radical (unpaired) electrons. The maximum Gasteiger partial charge on any atom is 0.00670 e. The summed E-state index contributed by atoms with van der Waals surface area (Å²) in [6, 6.07) is 0.884. The number of unbranched alkanes of at least 4 members (excludes halogenated alkanes) is 6. The van der Waals surface area contributed by atoms with Crippen LogP contribution in [0.15, 0.2) is 0 Å². The molecule has 1 saturated carbocycles. The van der Waals surface area contributed by atoms with Crippen LogP contribution in [-0.2, 0) is 0 Å². The number of rotatable bonds is 9. The van der Waals surface area contributed by atoms with Gasteiger partial charge < -0.3 is 5.32 Å². The van der Waals surface area contributed by atoms with Gasteiger partial charge in [-0.15, -0.1) is 0 Å². The first kappa shape index (κ1) is 12.0. The van der Waals surface area contributed by atoms with Crippen LogP contribution in [0.4, 0.5) is 0 Å². The SMILES string of the molecule is CCCCCCCCCNC1CCC1. The molecule has 0 heterocycles. The minimum atomic E-state index is 0.884. The Hall–Kier alpha value is -0.0400. The average Bonchev–Trinajstić information content (AvgIpc) is 2.13. The molecule has 14 heavy (non-hydrogen) atoms. The van der Waals surface area contributed by atoms with Gasteiger partial charge >= 0.3 is 0 Å². The van der Waals surface area contributed by atoms with Gasteiger partial charge in [-0.3, -0.25) is 0 Å². The van der Waals surface area contributed by atoms with Crippen LogP contribution < -0.4 is 5.32 Å². The Kier molecular flexibility index (Phi) is 7.12. The summed E-state index contributed by atoms with van der Waals surface area (Å²) in [5.41, 5.74) is 0. The first-order valence-electron chi connectivity index (χ1n) is 6.67. The van der Waals surface area contributed by atoms with E-state index in [4.69, 9.17) is 0 Å². The van der Waals surface area contributed by atoms with Crippen molar-refractivity contribution in [3.05, 3.63) is 0 Å². The number of hydrogen-bond donors (Lipinski definition) is 1. The molecule has 1 N–H and O–H groups in total. The Morgan fingerprint density at radius 3 is 2.14 bits per heavy atom. The van der Waals surface area contributed by atoms with Crippen molar-refractivity contribution in [3.8, 4) is 0 Å². The van der Waals surface area contributed by atoms with Crippen molar-refractivity contribution in [3.63, 3.8) is 0 Å². The van der Waals surface area contributed by atoms with Crippen LogP contribution in [0.25, 0.3) is 0 Å². The Bertz CT molecular complexity index is 118. The molecule has 0 bridgehead atoms. The molecule has 0 aromatic rings. The lowest BCUT2D eigenvalue weighted by Gasteiger charge is -2.26. The highest BCUT2D eigenvalue weighted by atomic mass is 14.9. The van der Waals surface area contributed by atoms with Crippen molar-refractivity contribution in [2.24, 2.45) is 0 Å². The van der Waals surface area contributed by atoms with Gasteiger partial charge in [-0.05, 0) is 25.8 Å². The second-order valence-corrected chi connectivity index (χ2v) is 4.70. The van der Waals surface area contributed by atoms with Gasteiger partial charge in [-0.2, -0.15) is 0 Å². The van der Waals surface area contributed by atoms with E-state index in [2.05, 4.69) is 12.2 Å². The first-order valence-corrected chi connectivity index (χ1v) is 6.67. The third-order valence-electron chi connectivity index (χ3n) is 3.32. The normalized spacial score (nSPS) is 16.9. The van der Waals surface area contributed by atoms with Crippen molar-refractivity contribution in [2.75, 3.05) is 6.54 Å². The third-order valence-corrected chi connectivity index (χ3v) is 3.32. The molecule has 1 fully saturated rings. The van der Waals surface area contributed by atoms with Crippen molar-refractivity contribution < 1.29 is 0 Å². The highest BCUT2D eigenvalue weighted by Crippen LogP contribution is 2.17. The molecular weight excluding hydrogens is 170 g/mol. The zero-order valence-electron chi connectivity index (χ0n) is 9.86.